The van der Waals surface area contributed by atoms with Crippen LogP contribution in [0.15, 0.2) is 42.1 Å². The lowest BCUT2D eigenvalue weighted by molar-refractivity contribution is -0.135. The Bertz CT molecular complexity index is 1070. The van der Waals surface area contributed by atoms with Crippen molar-refractivity contribution in [3.05, 3.63) is 58.5 Å². The van der Waals surface area contributed by atoms with Gasteiger partial charge in [-0.25, -0.2) is 9.37 Å². The van der Waals surface area contributed by atoms with Crippen LogP contribution in [0.25, 0.3) is 0 Å². The maximum atomic E-state index is 13.5. The van der Waals surface area contributed by atoms with E-state index in [2.05, 4.69) is 26.6 Å². The maximum absolute atomic E-state index is 13.5. The molecule has 0 radical (unpaired) electrons. The summed E-state index contributed by atoms with van der Waals surface area (Å²) in [5.41, 5.74) is 4.09. The molecule has 0 bridgehead atoms. The van der Waals surface area contributed by atoms with Crippen LogP contribution in [0.4, 0.5) is 21.6 Å². The van der Waals surface area contributed by atoms with Gasteiger partial charge in [-0.05, 0) is 62.7 Å². The molecule has 1 saturated heterocycles. The summed E-state index contributed by atoms with van der Waals surface area (Å²) in [6.07, 6.45) is 7.69. The van der Waals surface area contributed by atoms with Crippen LogP contribution < -0.4 is 10.6 Å². The number of pyridine rings is 1. The SMILES string of the molecule is CN1CCC[C@H]1C(=O)N1CC=C(C2Cc3c(Nc4ccc(F)c(Cl)c4)ccnc3N2)CC1. The predicted molar refractivity (Wildman–Crippen MR) is 125 cm³/mol. The van der Waals surface area contributed by atoms with Gasteiger partial charge in [-0.2, -0.15) is 0 Å². The van der Waals surface area contributed by atoms with Crippen molar-refractivity contribution in [1.29, 1.82) is 0 Å². The van der Waals surface area contributed by atoms with Gasteiger partial charge in [0.1, 0.15) is 11.6 Å². The van der Waals surface area contributed by atoms with Crippen LogP contribution in [0.2, 0.25) is 5.02 Å². The third-order valence-corrected chi connectivity index (χ3v) is 7.07. The number of nitrogens with one attached hydrogen (secondary N) is 2. The minimum atomic E-state index is -0.435. The first-order chi connectivity index (χ1) is 15.5. The largest absolute Gasteiger partial charge is 0.363 e. The maximum Gasteiger partial charge on any atom is 0.240 e. The van der Waals surface area contributed by atoms with Crippen LogP contribution in [0, 0.1) is 5.82 Å². The molecule has 32 heavy (non-hydrogen) atoms. The number of benzene rings is 1. The van der Waals surface area contributed by atoms with Gasteiger partial charge < -0.3 is 15.5 Å². The lowest BCUT2D eigenvalue weighted by Crippen LogP contribution is -2.46. The molecule has 3 aliphatic rings. The Morgan fingerprint density at radius 2 is 2.19 bits per heavy atom. The number of likely N-dealkylation sites (tertiary alicyclic amines) is 1. The van der Waals surface area contributed by atoms with Crippen LogP contribution in [0.1, 0.15) is 24.8 Å². The molecule has 3 aliphatic heterocycles. The van der Waals surface area contributed by atoms with E-state index in [1.165, 1.54) is 11.6 Å². The number of carbonyl (C=O) groups is 1. The number of rotatable bonds is 4. The molecule has 2 atom stereocenters. The molecule has 2 aromatic rings. The zero-order valence-corrected chi connectivity index (χ0v) is 18.8. The molecule has 0 spiro atoms. The second-order valence-electron chi connectivity index (χ2n) is 8.79. The van der Waals surface area contributed by atoms with Crippen LogP contribution in [0.3, 0.4) is 0 Å². The summed E-state index contributed by atoms with van der Waals surface area (Å²) in [6.45, 7) is 2.43. The lowest BCUT2D eigenvalue weighted by Gasteiger charge is -2.32. The summed E-state index contributed by atoms with van der Waals surface area (Å²) in [4.78, 5) is 21.5. The third kappa shape index (κ3) is 4.07. The van der Waals surface area contributed by atoms with E-state index in [0.29, 0.717) is 6.54 Å². The molecular formula is C24H27ClFN5O. The minimum Gasteiger partial charge on any atom is -0.363 e. The minimum absolute atomic E-state index is 0.0385. The Hall–Kier alpha value is -2.64. The third-order valence-electron chi connectivity index (χ3n) is 6.78. The Labute approximate surface area is 192 Å². The number of aromatic nitrogens is 1. The number of fused-ring (bicyclic) bond motifs is 1. The fourth-order valence-electron chi connectivity index (χ4n) is 4.95. The zero-order valence-electron chi connectivity index (χ0n) is 18.1. The van der Waals surface area contributed by atoms with Crippen molar-refractivity contribution in [1.82, 2.24) is 14.8 Å². The number of likely N-dealkylation sites (N-methyl/N-ethyl adjacent to an activating group) is 1. The smallest absolute Gasteiger partial charge is 0.240 e. The molecule has 1 aromatic carbocycles. The summed E-state index contributed by atoms with van der Waals surface area (Å²) >= 11 is 5.93. The molecule has 0 aliphatic carbocycles. The molecule has 1 unspecified atom stereocenters. The van der Waals surface area contributed by atoms with Crippen LogP contribution in [0.5, 0.6) is 0 Å². The van der Waals surface area contributed by atoms with Gasteiger partial charge in [0.15, 0.2) is 0 Å². The molecule has 2 N–H and O–H groups in total. The Balaban J connectivity index is 1.26. The highest BCUT2D eigenvalue weighted by Crippen LogP contribution is 2.36. The van der Waals surface area contributed by atoms with Crippen molar-refractivity contribution in [2.45, 2.75) is 37.8 Å². The van der Waals surface area contributed by atoms with Gasteiger partial charge in [-0.15, -0.1) is 0 Å². The molecule has 5 rings (SSSR count). The van der Waals surface area contributed by atoms with E-state index in [9.17, 15) is 9.18 Å². The highest BCUT2D eigenvalue weighted by molar-refractivity contribution is 6.31. The van der Waals surface area contributed by atoms with Crippen LogP contribution in [-0.2, 0) is 11.2 Å². The number of hydrogen-bond donors (Lipinski definition) is 2. The quantitative estimate of drug-likeness (QED) is 0.676. The van der Waals surface area contributed by atoms with Gasteiger partial charge in [0, 0.05) is 42.6 Å². The Kier molecular flexibility index (Phi) is 5.78. The van der Waals surface area contributed by atoms with Crippen LogP contribution in [-0.4, -0.2) is 59.5 Å². The molecular weight excluding hydrogens is 429 g/mol. The lowest BCUT2D eigenvalue weighted by atomic mass is 9.96. The fraction of sp³-hybridized carbons (Fsp3) is 0.417. The van der Waals surface area contributed by atoms with E-state index < -0.39 is 5.82 Å². The first-order valence-corrected chi connectivity index (χ1v) is 11.5. The van der Waals surface area contributed by atoms with Crippen molar-refractivity contribution < 1.29 is 9.18 Å². The first kappa shape index (κ1) is 21.2. The monoisotopic (exact) mass is 455 g/mol. The van der Waals surface area contributed by atoms with Gasteiger partial charge in [0.05, 0.1) is 17.1 Å². The number of anilines is 3. The van der Waals surface area contributed by atoms with E-state index in [1.54, 1.807) is 18.3 Å². The van der Waals surface area contributed by atoms with E-state index >= 15 is 0 Å². The molecule has 4 heterocycles. The highest BCUT2D eigenvalue weighted by atomic mass is 35.5. The number of halogens is 2. The average Bonchev–Trinajstić information content (AvgIpc) is 3.43. The summed E-state index contributed by atoms with van der Waals surface area (Å²) in [5, 5.41) is 6.97. The zero-order chi connectivity index (χ0) is 22.2. The Morgan fingerprint density at radius 3 is 2.91 bits per heavy atom. The van der Waals surface area contributed by atoms with E-state index in [4.69, 9.17) is 11.6 Å². The summed E-state index contributed by atoms with van der Waals surface area (Å²) in [5.74, 6) is 0.685. The number of carbonyl (C=O) groups excluding carboxylic acids is 1. The van der Waals surface area contributed by atoms with Crippen molar-refractivity contribution in [2.75, 3.05) is 37.3 Å². The molecule has 0 saturated carbocycles. The number of amides is 1. The second kappa shape index (κ2) is 8.71. The fourth-order valence-corrected chi connectivity index (χ4v) is 5.13. The molecule has 168 valence electrons. The second-order valence-corrected chi connectivity index (χ2v) is 9.20. The van der Waals surface area contributed by atoms with Crippen molar-refractivity contribution in [2.24, 2.45) is 0 Å². The topological polar surface area (TPSA) is 60.5 Å². The van der Waals surface area contributed by atoms with Crippen molar-refractivity contribution in [3.63, 3.8) is 0 Å². The van der Waals surface area contributed by atoms with Crippen LogP contribution >= 0.6 is 11.6 Å². The van der Waals surface area contributed by atoms with Crippen molar-refractivity contribution >= 4 is 34.7 Å². The van der Waals surface area contributed by atoms with Gasteiger partial charge in [0.25, 0.3) is 0 Å². The standard InChI is InChI=1S/C24H27ClFN5O/c1-30-10-2-3-22(30)24(32)31-11-7-15(8-12-31)21-14-17-20(6-9-27-23(17)29-21)28-16-4-5-19(26)18(25)13-16/h4-7,9,13,21-22H,2-3,8,10-12,14H2,1H3,(H2,27,28,29)/t21?,22-/m0/s1. The number of nitrogens with zero attached hydrogens (tertiary/aromatic N) is 3. The molecule has 1 fully saturated rings. The van der Waals surface area contributed by atoms with Crippen molar-refractivity contribution in [3.8, 4) is 0 Å². The summed E-state index contributed by atoms with van der Waals surface area (Å²) in [6, 6.07) is 6.75. The van der Waals surface area contributed by atoms with E-state index in [-0.39, 0.29) is 23.0 Å². The normalized spacial score (nSPS) is 23.0. The van der Waals surface area contributed by atoms with Gasteiger partial charge in [0.2, 0.25) is 5.91 Å². The summed E-state index contributed by atoms with van der Waals surface area (Å²) < 4.78 is 13.5. The average molecular weight is 456 g/mol. The Morgan fingerprint density at radius 1 is 1.31 bits per heavy atom. The number of hydrogen-bond acceptors (Lipinski definition) is 5. The molecule has 8 heteroatoms. The molecule has 6 nitrogen and oxygen atoms in total. The van der Waals surface area contributed by atoms with Gasteiger partial charge >= 0.3 is 0 Å². The summed E-state index contributed by atoms with van der Waals surface area (Å²) in [7, 11) is 2.04. The first-order valence-electron chi connectivity index (χ1n) is 11.1. The highest BCUT2D eigenvalue weighted by Gasteiger charge is 2.33. The van der Waals surface area contributed by atoms with E-state index in [1.807, 2.05) is 18.0 Å². The predicted octanol–water partition coefficient (Wildman–Crippen LogP) is 4.21. The van der Waals surface area contributed by atoms with Gasteiger partial charge in [-0.1, -0.05) is 17.7 Å². The molecule has 1 amide bonds. The molecule has 1 aromatic heterocycles. The van der Waals surface area contributed by atoms with Gasteiger partial charge in [-0.3, -0.25) is 9.69 Å². The van der Waals surface area contributed by atoms with E-state index in [0.717, 1.165) is 61.5 Å².